The average Bonchev–Trinajstić information content (AvgIpc) is 3.05. The van der Waals surface area contributed by atoms with Gasteiger partial charge in [0.05, 0.1) is 6.20 Å². The van der Waals surface area contributed by atoms with Crippen LogP contribution in [0.4, 0.5) is 0 Å². The van der Waals surface area contributed by atoms with Gasteiger partial charge in [-0.15, -0.1) is 5.56 Å². The SMILES string of the molecule is CC.CCCC(CCC)C1=[C-]BOc2cnc3[nH]ccc3c21.[Y]. The van der Waals surface area contributed by atoms with Gasteiger partial charge in [0, 0.05) is 44.7 Å². The van der Waals surface area contributed by atoms with E-state index in [0.717, 1.165) is 16.8 Å². The molecule has 0 aromatic carbocycles. The minimum absolute atomic E-state index is 0. The summed E-state index contributed by atoms with van der Waals surface area (Å²) >= 11 is 0. The number of pyridine rings is 1. The van der Waals surface area contributed by atoms with Crippen molar-refractivity contribution in [2.24, 2.45) is 5.92 Å². The maximum atomic E-state index is 5.73. The summed E-state index contributed by atoms with van der Waals surface area (Å²) in [6.45, 7) is 8.50. The number of fused-ring (bicyclic) bond motifs is 3. The van der Waals surface area contributed by atoms with Crippen molar-refractivity contribution in [3.8, 4) is 5.75 Å². The molecule has 23 heavy (non-hydrogen) atoms. The number of hydrogen-bond donors (Lipinski definition) is 1. The molecule has 2 aromatic rings. The first-order valence-corrected chi connectivity index (χ1v) is 8.55. The van der Waals surface area contributed by atoms with Crippen LogP contribution in [0.3, 0.4) is 0 Å². The molecule has 0 spiro atoms. The minimum atomic E-state index is 0. The van der Waals surface area contributed by atoms with Gasteiger partial charge in [0.2, 0.25) is 0 Å². The van der Waals surface area contributed by atoms with Gasteiger partial charge in [-0.25, -0.2) is 10.6 Å². The van der Waals surface area contributed by atoms with E-state index in [0.29, 0.717) is 13.4 Å². The number of aromatic amines is 1. The molecule has 0 unspecified atom stereocenters. The van der Waals surface area contributed by atoms with Crippen LogP contribution >= 0.6 is 0 Å². The van der Waals surface area contributed by atoms with Crippen molar-refractivity contribution < 1.29 is 37.4 Å². The van der Waals surface area contributed by atoms with Gasteiger partial charge in [-0.3, -0.25) is 5.98 Å². The fourth-order valence-electron chi connectivity index (χ4n) is 3.14. The Morgan fingerprint density at radius 3 is 2.61 bits per heavy atom. The number of rotatable bonds is 5. The third-order valence-electron chi connectivity index (χ3n) is 3.99. The van der Waals surface area contributed by atoms with Gasteiger partial charge in [-0.05, 0) is 18.8 Å². The molecule has 3 heterocycles. The summed E-state index contributed by atoms with van der Waals surface area (Å²) in [6.07, 6.45) is 8.61. The van der Waals surface area contributed by atoms with Crippen molar-refractivity contribution in [1.29, 1.82) is 0 Å². The summed E-state index contributed by atoms with van der Waals surface area (Å²) in [6, 6.07) is 2.09. The summed E-state index contributed by atoms with van der Waals surface area (Å²) in [5, 5.41) is 1.15. The zero-order valence-electron chi connectivity index (χ0n) is 14.8. The Morgan fingerprint density at radius 1 is 1.26 bits per heavy atom. The van der Waals surface area contributed by atoms with E-state index in [1.54, 1.807) is 0 Å². The van der Waals surface area contributed by atoms with Crippen LogP contribution in [0.15, 0.2) is 18.5 Å². The molecule has 0 saturated carbocycles. The van der Waals surface area contributed by atoms with Gasteiger partial charge in [0.25, 0.3) is 7.48 Å². The monoisotopic (exact) mass is 386 g/mol. The molecule has 0 amide bonds. The Labute approximate surface area is 165 Å². The minimum Gasteiger partial charge on any atom is -0.592 e. The van der Waals surface area contributed by atoms with Gasteiger partial charge < -0.3 is 9.64 Å². The molecule has 1 radical (unpaired) electrons. The molecule has 0 fully saturated rings. The number of nitrogens with one attached hydrogen (secondary N) is 1. The largest absolute Gasteiger partial charge is 0.592 e. The van der Waals surface area contributed by atoms with Crippen molar-refractivity contribution in [2.75, 3.05) is 0 Å². The smallest absolute Gasteiger partial charge is 0.257 e. The molecule has 0 aliphatic carbocycles. The summed E-state index contributed by atoms with van der Waals surface area (Å²) in [7, 11) is 0.546. The number of H-pyrrole nitrogens is 1. The third-order valence-corrected chi connectivity index (χ3v) is 3.99. The summed E-state index contributed by atoms with van der Waals surface area (Å²) in [5.74, 6) is 4.96. The summed E-state index contributed by atoms with van der Waals surface area (Å²) in [5.41, 5.74) is 3.47. The fourth-order valence-corrected chi connectivity index (χ4v) is 3.14. The van der Waals surface area contributed by atoms with Crippen LogP contribution in [-0.4, -0.2) is 17.5 Å². The standard InChI is InChI=1S/C16H20BN2O.C2H6.Y/c1-3-5-11(6-4-2)13-9-17-20-14-10-19-16-12(15(13)14)7-8-18-16;1-2;/h7-8,10-11,17H,3-6H2,1-2H3,(H,18,19);1-2H3;/q-1;;. The molecular weight excluding hydrogens is 360 g/mol. The van der Waals surface area contributed by atoms with Crippen LogP contribution in [0.25, 0.3) is 16.6 Å². The Balaban J connectivity index is 0.000000849. The van der Waals surface area contributed by atoms with Crippen LogP contribution in [0, 0.1) is 11.9 Å². The molecule has 121 valence electrons. The molecule has 1 aliphatic rings. The van der Waals surface area contributed by atoms with E-state index < -0.39 is 0 Å². The van der Waals surface area contributed by atoms with E-state index in [4.69, 9.17) is 4.65 Å². The second-order valence-electron chi connectivity index (χ2n) is 5.39. The normalized spacial score (nSPS) is 12.3. The van der Waals surface area contributed by atoms with Crippen LogP contribution in [0.5, 0.6) is 5.75 Å². The van der Waals surface area contributed by atoms with Gasteiger partial charge in [-0.1, -0.05) is 52.0 Å². The second-order valence-corrected chi connectivity index (χ2v) is 5.39. The molecule has 2 aromatic heterocycles. The second kappa shape index (κ2) is 10.3. The van der Waals surface area contributed by atoms with Crippen LogP contribution in [0.1, 0.15) is 58.9 Å². The zero-order valence-corrected chi connectivity index (χ0v) is 17.6. The predicted molar refractivity (Wildman–Crippen MR) is 95.2 cm³/mol. The zero-order chi connectivity index (χ0) is 15.9. The van der Waals surface area contributed by atoms with E-state index in [1.807, 2.05) is 26.2 Å². The van der Waals surface area contributed by atoms with Crippen LogP contribution < -0.4 is 4.65 Å². The Kier molecular flexibility index (Phi) is 9.16. The first-order valence-electron chi connectivity index (χ1n) is 8.55. The molecule has 3 rings (SSSR count). The first kappa shape index (κ1) is 20.4. The molecule has 3 nitrogen and oxygen atoms in total. The van der Waals surface area contributed by atoms with Crippen molar-refractivity contribution >= 4 is 24.1 Å². The van der Waals surface area contributed by atoms with Crippen LogP contribution in [-0.2, 0) is 32.7 Å². The molecular formula is C18H26BN2OY-. The van der Waals surface area contributed by atoms with E-state index in [1.165, 1.54) is 36.8 Å². The van der Waals surface area contributed by atoms with E-state index in [-0.39, 0.29) is 32.7 Å². The van der Waals surface area contributed by atoms with Gasteiger partial charge in [0.1, 0.15) is 5.65 Å². The van der Waals surface area contributed by atoms with E-state index in [2.05, 4.69) is 35.9 Å². The molecule has 1 N–H and O–H groups in total. The number of aromatic nitrogens is 2. The molecule has 0 saturated heterocycles. The van der Waals surface area contributed by atoms with Crippen molar-refractivity contribution in [1.82, 2.24) is 9.97 Å². The van der Waals surface area contributed by atoms with Crippen molar-refractivity contribution in [3.63, 3.8) is 0 Å². The predicted octanol–water partition coefficient (Wildman–Crippen LogP) is 4.69. The number of allylic oxidation sites excluding steroid dienone is 1. The van der Waals surface area contributed by atoms with Gasteiger partial charge in [0.15, 0.2) is 0 Å². The van der Waals surface area contributed by atoms with Crippen LogP contribution in [0.2, 0.25) is 0 Å². The number of hydrogen-bond acceptors (Lipinski definition) is 2. The summed E-state index contributed by atoms with van der Waals surface area (Å²) < 4.78 is 5.73. The van der Waals surface area contributed by atoms with Gasteiger partial charge >= 0.3 is 0 Å². The van der Waals surface area contributed by atoms with E-state index >= 15 is 0 Å². The first-order chi connectivity index (χ1) is 10.8. The van der Waals surface area contributed by atoms with Crippen molar-refractivity contribution in [2.45, 2.75) is 53.4 Å². The van der Waals surface area contributed by atoms with Gasteiger partial charge in [-0.2, -0.15) is 0 Å². The topological polar surface area (TPSA) is 37.9 Å². The Bertz CT molecular complexity index is 633. The third kappa shape index (κ3) is 4.48. The average molecular weight is 386 g/mol. The Morgan fingerprint density at radius 2 is 1.96 bits per heavy atom. The number of nitrogens with zero attached hydrogens (tertiary/aromatic N) is 1. The maximum Gasteiger partial charge on any atom is 0.257 e. The van der Waals surface area contributed by atoms with Crippen molar-refractivity contribution in [3.05, 3.63) is 30.0 Å². The summed E-state index contributed by atoms with van der Waals surface area (Å²) in [4.78, 5) is 7.60. The maximum absolute atomic E-state index is 5.73. The Hall–Kier alpha value is -0.601. The molecule has 1 aliphatic heterocycles. The molecule has 5 heteroatoms. The molecule has 0 atom stereocenters. The molecule has 0 bridgehead atoms. The van der Waals surface area contributed by atoms with E-state index in [9.17, 15) is 0 Å². The fraction of sp³-hybridized carbons (Fsp3) is 0.500. The quantitative estimate of drug-likeness (QED) is 0.598.